The number of hydrogen-bond acceptors (Lipinski definition) is 6. The van der Waals surface area contributed by atoms with Gasteiger partial charge in [0.2, 0.25) is 5.71 Å². The van der Waals surface area contributed by atoms with Crippen molar-refractivity contribution in [2.24, 2.45) is 0 Å². The maximum absolute atomic E-state index is 9.53. The lowest BCUT2D eigenvalue weighted by Gasteiger charge is -2.12. The summed E-state index contributed by atoms with van der Waals surface area (Å²) in [6, 6.07) is 8.98. The molecule has 0 aliphatic rings. The van der Waals surface area contributed by atoms with Crippen molar-refractivity contribution >= 4 is 50.4 Å². The van der Waals surface area contributed by atoms with Crippen molar-refractivity contribution in [1.29, 1.82) is 15.9 Å². The number of rotatable bonds is 0. The molecule has 0 radical (unpaired) electrons. The molecule has 24 heavy (non-hydrogen) atoms. The predicted molar refractivity (Wildman–Crippen MR) is 88.1 cm³/mol. The van der Waals surface area contributed by atoms with Crippen LogP contribution in [0.3, 0.4) is 0 Å². The van der Waals surface area contributed by atoms with Gasteiger partial charge in [0, 0.05) is 15.8 Å². The average molecular weight is 335 g/mol. The highest BCUT2D eigenvalue weighted by molar-refractivity contribution is 6.32. The number of pyridine rings is 2. The molecule has 0 bridgehead atoms. The van der Waals surface area contributed by atoms with E-state index in [4.69, 9.17) is 27.2 Å². The zero-order chi connectivity index (χ0) is 17.0. The van der Waals surface area contributed by atoms with Crippen LogP contribution in [0.15, 0.2) is 22.6 Å². The zero-order valence-corrected chi connectivity index (χ0v) is 12.7. The number of benzene rings is 1. The number of nitrogens with two attached hydrogens (primary N) is 1. The van der Waals surface area contributed by atoms with Gasteiger partial charge >= 0.3 is 0 Å². The van der Waals surface area contributed by atoms with Crippen molar-refractivity contribution in [1.82, 2.24) is 9.97 Å². The molecule has 0 fully saturated rings. The molecule has 3 heterocycles. The SMILES string of the molecule is N#Cc1c(=N)nc2oc3ccc(Cl)cc3c3c(C#N)c(N)[nH]c1c23. The highest BCUT2D eigenvalue weighted by Gasteiger charge is 2.20. The summed E-state index contributed by atoms with van der Waals surface area (Å²) < 4.78 is 5.75. The van der Waals surface area contributed by atoms with Gasteiger partial charge in [-0.15, -0.1) is 0 Å². The summed E-state index contributed by atoms with van der Waals surface area (Å²) in [5, 5.41) is 28.8. The van der Waals surface area contributed by atoms with Gasteiger partial charge in [0.1, 0.15) is 34.7 Å². The van der Waals surface area contributed by atoms with Crippen LogP contribution in [0, 0.1) is 28.1 Å². The van der Waals surface area contributed by atoms with Crippen molar-refractivity contribution in [3.63, 3.8) is 0 Å². The summed E-state index contributed by atoms with van der Waals surface area (Å²) in [5.74, 6) is 0.0980. The predicted octanol–water partition coefficient (Wildman–Crippen LogP) is 2.92. The van der Waals surface area contributed by atoms with E-state index in [1.54, 1.807) is 18.2 Å². The van der Waals surface area contributed by atoms with Crippen LogP contribution in [0.25, 0.3) is 33.0 Å². The van der Waals surface area contributed by atoms with Gasteiger partial charge in [0.15, 0.2) is 5.49 Å². The minimum atomic E-state index is -0.233. The Morgan fingerprint density at radius 3 is 2.67 bits per heavy atom. The van der Waals surface area contributed by atoms with Gasteiger partial charge in [-0.05, 0) is 18.2 Å². The van der Waals surface area contributed by atoms with Crippen molar-refractivity contribution in [2.45, 2.75) is 0 Å². The highest BCUT2D eigenvalue weighted by Crippen LogP contribution is 2.37. The smallest absolute Gasteiger partial charge is 0.231 e. The summed E-state index contributed by atoms with van der Waals surface area (Å²) in [5.41, 5.74) is 6.88. The topological polar surface area (TPSA) is 139 Å². The summed E-state index contributed by atoms with van der Waals surface area (Å²) in [6.07, 6.45) is 0. The number of aromatic nitrogens is 2. The molecule has 0 atom stereocenters. The quantitative estimate of drug-likeness (QED) is 0.335. The van der Waals surface area contributed by atoms with Gasteiger partial charge in [-0.25, -0.2) is 0 Å². The molecule has 4 aromatic rings. The maximum Gasteiger partial charge on any atom is 0.231 e. The van der Waals surface area contributed by atoms with E-state index in [1.807, 2.05) is 6.07 Å². The third kappa shape index (κ3) is 1.70. The molecule has 0 saturated carbocycles. The number of nitriles is 2. The standard InChI is InChI=1S/C16H7ClN6O/c17-6-1-2-10-7(3-6)11-8(4-18)14(20)22-13-9(5-19)15(21)23-16(24-10)12(11)13/h1-3,21-22H,20H2. The Labute approximate surface area is 139 Å². The second-order valence-corrected chi connectivity index (χ2v) is 5.58. The first kappa shape index (κ1) is 14.1. The molecule has 0 amide bonds. The lowest BCUT2D eigenvalue weighted by molar-refractivity contribution is 0.643. The van der Waals surface area contributed by atoms with Crippen LogP contribution in [-0.4, -0.2) is 9.97 Å². The average Bonchev–Trinajstić information content (AvgIpc) is 2.55. The molecule has 0 unspecified atom stereocenters. The first-order chi connectivity index (χ1) is 11.5. The number of H-pyrrole nitrogens is 1. The zero-order valence-electron chi connectivity index (χ0n) is 11.9. The van der Waals surface area contributed by atoms with E-state index in [0.29, 0.717) is 32.3 Å². The lowest BCUT2D eigenvalue weighted by Crippen LogP contribution is -2.13. The Hall–Kier alpha value is -3.55. The van der Waals surface area contributed by atoms with Crippen LogP contribution in [0.5, 0.6) is 0 Å². The van der Waals surface area contributed by atoms with Crippen LogP contribution in [0.4, 0.5) is 5.82 Å². The third-order valence-corrected chi connectivity index (χ3v) is 4.07. The van der Waals surface area contributed by atoms with Crippen LogP contribution < -0.4 is 11.2 Å². The number of anilines is 1. The minimum absolute atomic E-state index is 0.0280. The van der Waals surface area contributed by atoms with Crippen molar-refractivity contribution in [3.8, 4) is 12.1 Å². The van der Waals surface area contributed by atoms with Gasteiger partial charge in [-0.2, -0.15) is 15.5 Å². The number of nitrogens with zero attached hydrogens (tertiary/aromatic N) is 3. The third-order valence-electron chi connectivity index (χ3n) is 3.83. The summed E-state index contributed by atoms with van der Waals surface area (Å²) in [6.45, 7) is 0. The Bertz CT molecular complexity index is 1320. The van der Waals surface area contributed by atoms with Crippen LogP contribution >= 0.6 is 11.6 Å². The fourth-order valence-electron chi connectivity index (χ4n) is 2.84. The molecular formula is C16H7ClN6O. The van der Waals surface area contributed by atoms with E-state index < -0.39 is 0 Å². The van der Waals surface area contributed by atoms with Gasteiger partial charge < -0.3 is 15.1 Å². The largest absolute Gasteiger partial charge is 0.438 e. The summed E-state index contributed by atoms with van der Waals surface area (Å²) in [4.78, 5) is 6.87. The van der Waals surface area contributed by atoms with E-state index in [-0.39, 0.29) is 28.1 Å². The summed E-state index contributed by atoms with van der Waals surface area (Å²) in [7, 11) is 0. The molecule has 4 N–H and O–H groups in total. The molecule has 1 aromatic carbocycles. The first-order valence-corrected chi connectivity index (χ1v) is 7.15. The van der Waals surface area contributed by atoms with Crippen molar-refractivity contribution in [2.75, 3.05) is 5.73 Å². The van der Waals surface area contributed by atoms with E-state index in [1.165, 1.54) is 0 Å². The van der Waals surface area contributed by atoms with E-state index in [0.717, 1.165) is 0 Å². The minimum Gasteiger partial charge on any atom is -0.438 e. The number of halogens is 1. The number of nitrogen functional groups attached to an aromatic ring is 1. The Balaban J connectivity index is 2.49. The molecule has 8 heteroatoms. The van der Waals surface area contributed by atoms with Gasteiger partial charge in [0.25, 0.3) is 0 Å². The van der Waals surface area contributed by atoms with E-state index in [2.05, 4.69) is 16.0 Å². The summed E-state index contributed by atoms with van der Waals surface area (Å²) >= 11 is 6.08. The van der Waals surface area contributed by atoms with E-state index in [9.17, 15) is 10.5 Å². The Morgan fingerprint density at radius 1 is 1.21 bits per heavy atom. The molecular weight excluding hydrogens is 328 g/mol. The maximum atomic E-state index is 9.53. The Morgan fingerprint density at radius 2 is 1.96 bits per heavy atom. The molecule has 0 saturated heterocycles. The first-order valence-electron chi connectivity index (χ1n) is 6.77. The van der Waals surface area contributed by atoms with Crippen LogP contribution in [-0.2, 0) is 0 Å². The molecule has 0 aliphatic heterocycles. The number of fused-ring (bicyclic) bond motifs is 2. The van der Waals surface area contributed by atoms with Crippen molar-refractivity contribution in [3.05, 3.63) is 39.8 Å². The molecule has 4 rings (SSSR count). The highest BCUT2D eigenvalue weighted by atomic mass is 35.5. The fraction of sp³-hybridized carbons (Fsp3) is 0. The molecule has 3 aromatic heterocycles. The van der Waals surface area contributed by atoms with Crippen molar-refractivity contribution < 1.29 is 4.42 Å². The lowest BCUT2D eigenvalue weighted by atomic mass is 10.0. The molecule has 7 nitrogen and oxygen atoms in total. The monoisotopic (exact) mass is 334 g/mol. The second kappa shape index (κ2) is 4.72. The normalized spacial score (nSPS) is 11.0. The second-order valence-electron chi connectivity index (χ2n) is 5.15. The number of hydrogen-bond donors (Lipinski definition) is 3. The number of aromatic amines is 1. The molecule has 0 aliphatic carbocycles. The Kier molecular flexibility index (Phi) is 2.77. The van der Waals surface area contributed by atoms with E-state index >= 15 is 0 Å². The number of nitrogens with one attached hydrogen (secondary N) is 2. The fourth-order valence-corrected chi connectivity index (χ4v) is 3.01. The van der Waals surface area contributed by atoms with Gasteiger partial charge in [0.05, 0.1) is 10.9 Å². The van der Waals surface area contributed by atoms with Crippen LogP contribution in [0.1, 0.15) is 11.1 Å². The van der Waals surface area contributed by atoms with Gasteiger partial charge in [-0.1, -0.05) is 11.6 Å². The van der Waals surface area contributed by atoms with Crippen LogP contribution in [0.2, 0.25) is 5.02 Å². The van der Waals surface area contributed by atoms with Gasteiger partial charge in [-0.3, -0.25) is 5.41 Å². The molecule has 114 valence electrons. The molecule has 0 spiro atoms.